The maximum Gasteiger partial charge on any atom is 0.394 e. The van der Waals surface area contributed by atoms with Crippen molar-refractivity contribution < 1.29 is 61.3 Å². The van der Waals surface area contributed by atoms with E-state index in [4.69, 9.17) is 20.4 Å². The van der Waals surface area contributed by atoms with Crippen molar-refractivity contribution in [2.75, 3.05) is 0 Å². The molecule has 0 aromatic heterocycles. The molecule has 0 aliphatic heterocycles. The molecule has 0 unspecified atom stereocenters. The molecule has 0 atom stereocenters. The Morgan fingerprint density at radius 3 is 0.793 bits per heavy atom. The second-order valence-corrected chi connectivity index (χ2v) is 8.21. The number of carbonyl (C=O) groups excluding carboxylic acids is 2. The predicted octanol–water partition coefficient (Wildman–Crippen LogP) is 0.743. The normalized spacial score (nSPS) is 9.86. The molecule has 0 aromatic carbocycles. The van der Waals surface area contributed by atoms with Crippen LogP contribution in [0.3, 0.4) is 0 Å². The molecule has 0 saturated heterocycles. The van der Waals surface area contributed by atoms with Crippen molar-refractivity contribution in [3.8, 4) is 0 Å². The number of nitrogens with one attached hydrogen (secondary N) is 2. The Labute approximate surface area is 188 Å². The van der Waals surface area contributed by atoms with Gasteiger partial charge < -0.3 is 31.1 Å². The number of carboxylic acids is 2. The van der Waals surface area contributed by atoms with Gasteiger partial charge in [0.15, 0.2) is 0 Å². The minimum absolute atomic E-state index is 0. The van der Waals surface area contributed by atoms with Gasteiger partial charge in [0, 0.05) is 45.0 Å². The molecular formula is C18H38N2O8Ti. The zero-order valence-electron chi connectivity index (χ0n) is 19.1. The zero-order chi connectivity index (χ0) is 23.9. The van der Waals surface area contributed by atoms with Crippen LogP contribution in [-0.4, -0.2) is 67.5 Å². The molecule has 0 heterocycles. The van der Waals surface area contributed by atoms with Crippen molar-refractivity contribution in [3.63, 3.8) is 0 Å². The molecule has 2 amide bonds. The summed E-state index contributed by atoms with van der Waals surface area (Å²) in [5, 5.41) is 36.9. The van der Waals surface area contributed by atoms with Gasteiger partial charge in [-0.2, -0.15) is 0 Å². The minimum atomic E-state index is -1.45. The first-order valence-corrected chi connectivity index (χ1v) is 8.59. The Hall–Kier alpha value is -1.49. The SMILES string of the molecule is CC(C)(C)NC(=O)C(=O)O.CC(C)(C)NC(=O)C(=O)O.CC(C)O.CC(C)O.[Ti]. The van der Waals surface area contributed by atoms with E-state index < -0.39 is 34.8 Å². The number of aliphatic carboxylic acids is 2. The molecule has 0 aliphatic rings. The summed E-state index contributed by atoms with van der Waals surface area (Å²) in [5.74, 6) is -4.83. The zero-order valence-corrected chi connectivity index (χ0v) is 20.6. The van der Waals surface area contributed by atoms with E-state index in [-0.39, 0.29) is 33.9 Å². The summed E-state index contributed by atoms with van der Waals surface area (Å²) in [7, 11) is 0. The standard InChI is InChI=1S/2C6H11NO3.2C3H8O.Ti/c2*1-6(2,3)7-4(8)5(9)10;2*1-3(2)4;/h2*1-3H3,(H,7,8)(H,9,10);2*3-4H,1-2H3;. The fourth-order valence-corrected chi connectivity index (χ4v) is 0.788. The quantitative estimate of drug-likeness (QED) is 0.228. The first-order valence-electron chi connectivity index (χ1n) is 8.59. The van der Waals surface area contributed by atoms with Crippen LogP contribution in [0.15, 0.2) is 0 Å². The largest absolute Gasteiger partial charge is 0.474 e. The third-order valence-corrected chi connectivity index (χ3v) is 1.37. The number of carboxylic acid groups (broad SMARTS) is 2. The van der Waals surface area contributed by atoms with Crippen molar-refractivity contribution in [2.24, 2.45) is 0 Å². The molecule has 0 aromatic rings. The van der Waals surface area contributed by atoms with Crippen molar-refractivity contribution in [2.45, 2.75) is 92.5 Å². The van der Waals surface area contributed by atoms with Crippen LogP contribution in [-0.2, 0) is 40.9 Å². The van der Waals surface area contributed by atoms with Gasteiger partial charge in [0.2, 0.25) is 0 Å². The van der Waals surface area contributed by atoms with Crippen molar-refractivity contribution in [3.05, 3.63) is 0 Å². The first kappa shape index (κ1) is 38.2. The monoisotopic (exact) mass is 458 g/mol. The predicted molar refractivity (Wildman–Crippen MR) is 106 cm³/mol. The summed E-state index contributed by atoms with van der Waals surface area (Å²) < 4.78 is 0. The summed E-state index contributed by atoms with van der Waals surface area (Å²) in [4.78, 5) is 40.8. The van der Waals surface area contributed by atoms with Crippen LogP contribution < -0.4 is 10.6 Å². The summed E-state index contributed by atoms with van der Waals surface area (Å²) in [6.07, 6.45) is -0.333. The fourth-order valence-electron chi connectivity index (χ4n) is 0.788. The van der Waals surface area contributed by atoms with Gasteiger partial charge in [0.1, 0.15) is 0 Å². The Bertz CT molecular complexity index is 432. The van der Waals surface area contributed by atoms with E-state index in [1.54, 1.807) is 69.2 Å². The van der Waals surface area contributed by atoms with E-state index >= 15 is 0 Å². The number of carbonyl (C=O) groups is 4. The fraction of sp³-hybridized carbons (Fsp3) is 0.778. The van der Waals surface area contributed by atoms with Gasteiger partial charge >= 0.3 is 23.8 Å². The van der Waals surface area contributed by atoms with Crippen LogP contribution in [0.25, 0.3) is 0 Å². The van der Waals surface area contributed by atoms with Crippen molar-refractivity contribution >= 4 is 23.8 Å². The van der Waals surface area contributed by atoms with Crippen molar-refractivity contribution in [1.82, 2.24) is 10.6 Å². The van der Waals surface area contributed by atoms with Gasteiger partial charge in [-0.1, -0.05) is 0 Å². The molecule has 10 nitrogen and oxygen atoms in total. The summed E-state index contributed by atoms with van der Waals surface area (Å²) >= 11 is 0. The van der Waals surface area contributed by atoms with Crippen LogP contribution >= 0.6 is 0 Å². The average Bonchev–Trinajstić information content (AvgIpc) is 2.33. The van der Waals surface area contributed by atoms with E-state index in [2.05, 4.69) is 10.6 Å². The van der Waals surface area contributed by atoms with Crippen molar-refractivity contribution in [1.29, 1.82) is 0 Å². The van der Waals surface area contributed by atoms with E-state index in [0.29, 0.717) is 0 Å². The van der Waals surface area contributed by atoms with Gasteiger partial charge in [0.05, 0.1) is 0 Å². The summed E-state index contributed by atoms with van der Waals surface area (Å²) in [6, 6.07) is 0. The number of amides is 2. The Kier molecular flexibility index (Phi) is 24.4. The number of rotatable bonds is 0. The molecule has 0 aliphatic carbocycles. The van der Waals surface area contributed by atoms with Crippen LogP contribution in [0.2, 0.25) is 0 Å². The molecule has 172 valence electrons. The van der Waals surface area contributed by atoms with E-state index in [1.165, 1.54) is 0 Å². The van der Waals surface area contributed by atoms with Crippen LogP contribution in [0, 0.1) is 0 Å². The number of aliphatic hydroxyl groups excluding tert-OH is 2. The second-order valence-electron chi connectivity index (χ2n) is 8.21. The van der Waals surface area contributed by atoms with E-state index in [1.807, 2.05) is 0 Å². The second kappa shape index (κ2) is 18.5. The van der Waals surface area contributed by atoms with E-state index in [9.17, 15) is 19.2 Å². The molecule has 0 rings (SSSR count). The molecular weight excluding hydrogens is 420 g/mol. The molecule has 0 spiro atoms. The van der Waals surface area contributed by atoms with Gasteiger partial charge in [-0.3, -0.25) is 9.59 Å². The maximum absolute atomic E-state index is 10.4. The number of aliphatic hydroxyl groups is 2. The van der Waals surface area contributed by atoms with Gasteiger partial charge in [-0.05, 0) is 69.2 Å². The maximum atomic E-state index is 10.4. The Morgan fingerprint density at radius 2 is 0.759 bits per heavy atom. The van der Waals surface area contributed by atoms with Crippen LogP contribution in [0.4, 0.5) is 0 Å². The topological polar surface area (TPSA) is 173 Å². The van der Waals surface area contributed by atoms with Gasteiger partial charge in [0.25, 0.3) is 0 Å². The summed E-state index contributed by atoms with van der Waals surface area (Å²) in [5.41, 5.74) is -0.953. The average molecular weight is 458 g/mol. The Morgan fingerprint density at radius 1 is 0.621 bits per heavy atom. The van der Waals surface area contributed by atoms with Crippen LogP contribution in [0.5, 0.6) is 0 Å². The molecule has 6 N–H and O–H groups in total. The Balaban J connectivity index is -0.0000000950. The molecule has 0 saturated carbocycles. The number of hydrogen-bond donors (Lipinski definition) is 6. The minimum Gasteiger partial charge on any atom is -0.474 e. The summed E-state index contributed by atoms with van der Waals surface area (Å²) in [6.45, 7) is 17.2. The first-order chi connectivity index (χ1) is 12.1. The molecule has 0 fully saturated rings. The van der Waals surface area contributed by atoms with Crippen LogP contribution in [0.1, 0.15) is 69.2 Å². The van der Waals surface area contributed by atoms with E-state index in [0.717, 1.165) is 0 Å². The van der Waals surface area contributed by atoms with Gasteiger partial charge in [-0.15, -0.1) is 0 Å². The molecule has 0 radical (unpaired) electrons. The third kappa shape index (κ3) is 58.4. The molecule has 11 heteroatoms. The smallest absolute Gasteiger partial charge is 0.394 e. The number of hydrogen-bond acceptors (Lipinski definition) is 6. The molecule has 29 heavy (non-hydrogen) atoms. The molecule has 0 bridgehead atoms. The van der Waals surface area contributed by atoms with Gasteiger partial charge in [-0.25, -0.2) is 9.59 Å². The third-order valence-electron chi connectivity index (χ3n) is 1.37.